The highest BCUT2D eigenvalue weighted by Gasteiger charge is 2.22. The Bertz CT molecular complexity index is 415. The zero-order chi connectivity index (χ0) is 15.8. The second-order valence-electron chi connectivity index (χ2n) is 6.01. The largest absolute Gasteiger partial charge is 0.395 e. The van der Waals surface area contributed by atoms with Gasteiger partial charge in [0.15, 0.2) is 0 Å². The predicted octanol–water partition coefficient (Wildman–Crippen LogP) is 1.51. The normalized spacial score (nSPS) is 17.8. The van der Waals surface area contributed by atoms with E-state index in [1.54, 1.807) is 0 Å². The molecule has 0 saturated carbocycles. The van der Waals surface area contributed by atoms with Gasteiger partial charge in [0.1, 0.15) is 0 Å². The second-order valence-corrected chi connectivity index (χ2v) is 6.01. The van der Waals surface area contributed by atoms with Crippen molar-refractivity contribution in [3.05, 3.63) is 35.4 Å². The molecule has 0 aliphatic carbocycles. The minimum Gasteiger partial charge on any atom is -0.395 e. The van der Waals surface area contributed by atoms with Gasteiger partial charge in [0, 0.05) is 45.3 Å². The lowest BCUT2D eigenvalue weighted by Gasteiger charge is -2.36. The van der Waals surface area contributed by atoms with Crippen LogP contribution in [0.15, 0.2) is 24.3 Å². The van der Waals surface area contributed by atoms with E-state index < -0.39 is 0 Å². The van der Waals surface area contributed by atoms with Crippen LogP contribution in [0.1, 0.15) is 31.0 Å². The Hall–Kier alpha value is -0.940. The van der Waals surface area contributed by atoms with Crippen LogP contribution in [0.5, 0.6) is 0 Å². The van der Waals surface area contributed by atoms with Crippen molar-refractivity contribution in [1.29, 1.82) is 0 Å². The monoisotopic (exact) mass is 305 g/mol. The lowest BCUT2D eigenvalue weighted by molar-refractivity contribution is 0.113. The molecule has 1 aliphatic rings. The summed E-state index contributed by atoms with van der Waals surface area (Å²) in [4.78, 5) is 4.93. The Labute approximate surface area is 135 Å². The minimum atomic E-state index is 0.221. The smallest absolute Gasteiger partial charge is 0.0558 e. The van der Waals surface area contributed by atoms with Crippen LogP contribution < -0.4 is 5.32 Å². The Balaban J connectivity index is 2.14. The molecule has 1 aliphatic heterocycles. The SMILES string of the molecule is CCc1ccc(C(CN2CCNCC2)N(CC)CCO)cc1. The number of piperazine rings is 1. The van der Waals surface area contributed by atoms with Crippen LogP contribution in [0.3, 0.4) is 0 Å². The van der Waals surface area contributed by atoms with E-state index in [1.807, 2.05) is 0 Å². The molecule has 22 heavy (non-hydrogen) atoms. The van der Waals surface area contributed by atoms with Gasteiger partial charge in [-0.25, -0.2) is 0 Å². The van der Waals surface area contributed by atoms with Crippen molar-refractivity contribution >= 4 is 0 Å². The van der Waals surface area contributed by atoms with Crippen LogP contribution in [0.4, 0.5) is 0 Å². The summed E-state index contributed by atoms with van der Waals surface area (Å²) < 4.78 is 0. The van der Waals surface area contributed by atoms with Gasteiger partial charge < -0.3 is 10.4 Å². The molecular formula is C18H31N3O. The Morgan fingerprint density at radius 1 is 1.18 bits per heavy atom. The number of benzene rings is 1. The summed E-state index contributed by atoms with van der Waals surface area (Å²) in [5.74, 6) is 0. The Morgan fingerprint density at radius 3 is 2.41 bits per heavy atom. The molecule has 0 bridgehead atoms. The average molecular weight is 305 g/mol. The van der Waals surface area contributed by atoms with E-state index >= 15 is 0 Å². The van der Waals surface area contributed by atoms with Gasteiger partial charge in [-0.2, -0.15) is 0 Å². The van der Waals surface area contributed by atoms with Gasteiger partial charge in [-0.3, -0.25) is 9.80 Å². The zero-order valence-electron chi connectivity index (χ0n) is 14.1. The van der Waals surface area contributed by atoms with Gasteiger partial charge in [0.25, 0.3) is 0 Å². The fourth-order valence-electron chi connectivity index (χ4n) is 3.21. The molecule has 4 heteroatoms. The minimum absolute atomic E-state index is 0.221. The van der Waals surface area contributed by atoms with E-state index in [4.69, 9.17) is 0 Å². The first-order chi connectivity index (χ1) is 10.8. The summed E-state index contributed by atoms with van der Waals surface area (Å²) >= 11 is 0. The van der Waals surface area contributed by atoms with Crippen LogP contribution in [-0.2, 0) is 6.42 Å². The summed E-state index contributed by atoms with van der Waals surface area (Å²) in [6, 6.07) is 9.39. The van der Waals surface area contributed by atoms with Crippen molar-refractivity contribution in [3.8, 4) is 0 Å². The quantitative estimate of drug-likeness (QED) is 0.764. The number of hydrogen-bond donors (Lipinski definition) is 2. The first kappa shape index (κ1) is 17.4. The standard InChI is InChI=1S/C18H31N3O/c1-3-16-5-7-17(8-6-16)18(21(4-2)13-14-22)15-20-11-9-19-10-12-20/h5-8,18-19,22H,3-4,9-15H2,1-2H3. The van der Waals surface area contributed by atoms with Crippen molar-refractivity contribution in [2.75, 3.05) is 52.4 Å². The Kier molecular flexibility index (Phi) is 7.33. The maximum Gasteiger partial charge on any atom is 0.0558 e. The second kappa shape index (κ2) is 9.26. The van der Waals surface area contributed by atoms with Crippen molar-refractivity contribution in [3.63, 3.8) is 0 Å². The van der Waals surface area contributed by atoms with Crippen molar-refractivity contribution < 1.29 is 5.11 Å². The van der Waals surface area contributed by atoms with Gasteiger partial charge in [0.2, 0.25) is 0 Å². The molecule has 0 aromatic heterocycles. The van der Waals surface area contributed by atoms with Gasteiger partial charge in [-0.05, 0) is 24.1 Å². The number of rotatable bonds is 8. The Morgan fingerprint density at radius 2 is 1.86 bits per heavy atom. The lowest BCUT2D eigenvalue weighted by Crippen LogP contribution is -2.47. The van der Waals surface area contributed by atoms with Gasteiger partial charge in [-0.15, -0.1) is 0 Å². The number of nitrogens with one attached hydrogen (secondary N) is 1. The number of nitrogens with zero attached hydrogens (tertiary/aromatic N) is 2. The zero-order valence-corrected chi connectivity index (χ0v) is 14.1. The van der Waals surface area contributed by atoms with Crippen molar-refractivity contribution in [2.24, 2.45) is 0 Å². The molecule has 0 spiro atoms. The highest BCUT2D eigenvalue weighted by Crippen LogP contribution is 2.23. The predicted molar refractivity (Wildman–Crippen MR) is 92.2 cm³/mol. The highest BCUT2D eigenvalue weighted by molar-refractivity contribution is 5.25. The molecule has 1 saturated heterocycles. The maximum atomic E-state index is 9.39. The molecule has 1 aromatic rings. The first-order valence-electron chi connectivity index (χ1n) is 8.65. The van der Waals surface area contributed by atoms with Crippen LogP contribution in [-0.4, -0.2) is 67.3 Å². The fraction of sp³-hybridized carbons (Fsp3) is 0.667. The molecule has 1 unspecified atom stereocenters. The average Bonchev–Trinajstić information content (AvgIpc) is 2.59. The van der Waals surface area contributed by atoms with E-state index in [9.17, 15) is 5.11 Å². The van der Waals surface area contributed by atoms with Crippen molar-refractivity contribution in [1.82, 2.24) is 15.1 Å². The molecule has 1 fully saturated rings. The molecule has 0 amide bonds. The van der Waals surface area contributed by atoms with Crippen LogP contribution in [0.25, 0.3) is 0 Å². The third kappa shape index (κ3) is 4.78. The van der Waals surface area contributed by atoms with Gasteiger partial charge in [-0.1, -0.05) is 38.1 Å². The van der Waals surface area contributed by atoms with Crippen LogP contribution in [0.2, 0.25) is 0 Å². The number of aliphatic hydroxyl groups excluding tert-OH is 1. The number of hydrogen-bond acceptors (Lipinski definition) is 4. The van der Waals surface area contributed by atoms with E-state index in [1.165, 1.54) is 11.1 Å². The maximum absolute atomic E-state index is 9.39. The number of aryl methyl sites for hydroxylation is 1. The van der Waals surface area contributed by atoms with Gasteiger partial charge >= 0.3 is 0 Å². The molecule has 0 radical (unpaired) electrons. The summed E-state index contributed by atoms with van der Waals surface area (Å²) in [5, 5.41) is 12.8. The third-order valence-corrected chi connectivity index (χ3v) is 4.65. The molecule has 124 valence electrons. The van der Waals surface area contributed by atoms with E-state index in [2.05, 4.69) is 53.2 Å². The highest BCUT2D eigenvalue weighted by atomic mass is 16.3. The summed E-state index contributed by atoms with van der Waals surface area (Å²) in [5.41, 5.74) is 2.75. The van der Waals surface area contributed by atoms with E-state index in [0.29, 0.717) is 6.04 Å². The number of likely N-dealkylation sites (N-methyl/N-ethyl adjacent to an activating group) is 1. The summed E-state index contributed by atoms with van der Waals surface area (Å²) in [7, 11) is 0. The topological polar surface area (TPSA) is 38.7 Å². The fourth-order valence-corrected chi connectivity index (χ4v) is 3.21. The molecule has 4 nitrogen and oxygen atoms in total. The molecular weight excluding hydrogens is 274 g/mol. The molecule has 2 rings (SSSR count). The van der Waals surface area contributed by atoms with Crippen LogP contribution >= 0.6 is 0 Å². The van der Waals surface area contributed by atoms with Gasteiger partial charge in [0.05, 0.1) is 6.61 Å². The van der Waals surface area contributed by atoms with Crippen LogP contribution in [0, 0.1) is 0 Å². The third-order valence-electron chi connectivity index (χ3n) is 4.65. The molecule has 1 heterocycles. The summed E-state index contributed by atoms with van der Waals surface area (Å²) in [6.45, 7) is 11.7. The molecule has 1 aromatic carbocycles. The van der Waals surface area contributed by atoms with E-state index in [0.717, 1.165) is 52.2 Å². The van der Waals surface area contributed by atoms with Crippen molar-refractivity contribution in [2.45, 2.75) is 26.3 Å². The van der Waals surface area contributed by atoms with E-state index in [-0.39, 0.29) is 6.61 Å². The first-order valence-corrected chi connectivity index (χ1v) is 8.65. The summed E-state index contributed by atoms with van der Waals surface area (Å²) in [6.07, 6.45) is 1.08. The molecule has 1 atom stereocenters. The lowest BCUT2D eigenvalue weighted by atomic mass is 10.0. The molecule has 2 N–H and O–H groups in total. The number of aliphatic hydroxyl groups is 1.